The van der Waals surface area contributed by atoms with Crippen LogP contribution in [0.15, 0.2) is 42.5 Å². The van der Waals surface area contributed by atoms with Crippen molar-refractivity contribution in [1.82, 2.24) is 0 Å². The summed E-state index contributed by atoms with van der Waals surface area (Å²) in [7, 11) is 0. The van der Waals surface area contributed by atoms with E-state index in [1.165, 1.54) is 32.1 Å². The van der Waals surface area contributed by atoms with Crippen molar-refractivity contribution in [2.75, 3.05) is 6.61 Å². The predicted molar refractivity (Wildman–Crippen MR) is 88.2 cm³/mol. The van der Waals surface area contributed by atoms with Gasteiger partial charge >= 0.3 is 5.97 Å². The van der Waals surface area contributed by atoms with Crippen molar-refractivity contribution in [2.45, 2.75) is 58.3 Å². The molecule has 0 aliphatic carbocycles. The first-order valence-corrected chi connectivity index (χ1v) is 8.13. The van der Waals surface area contributed by atoms with E-state index >= 15 is 0 Å². The molecule has 0 spiro atoms. The van der Waals surface area contributed by atoms with Crippen LogP contribution < -0.4 is 0 Å². The van der Waals surface area contributed by atoms with Gasteiger partial charge in [0.15, 0.2) is 0 Å². The summed E-state index contributed by atoms with van der Waals surface area (Å²) in [4.78, 5) is 11.8. The van der Waals surface area contributed by atoms with Crippen LogP contribution in [0.1, 0.15) is 57.4 Å². The molecule has 116 valence electrons. The van der Waals surface area contributed by atoms with E-state index in [0.29, 0.717) is 18.6 Å². The van der Waals surface area contributed by atoms with Crippen LogP contribution in [0.5, 0.6) is 0 Å². The molecule has 1 aromatic carbocycles. The molecular formula is C19H28O2. The fourth-order valence-electron chi connectivity index (χ4n) is 2.24. The van der Waals surface area contributed by atoms with E-state index in [2.05, 4.69) is 13.5 Å². The third kappa shape index (κ3) is 8.34. The quantitative estimate of drug-likeness (QED) is 0.322. The number of hydrogen-bond donors (Lipinski definition) is 0. The molecule has 0 aliphatic rings. The fraction of sp³-hybridized carbons (Fsp3) is 0.526. The van der Waals surface area contributed by atoms with E-state index in [0.717, 1.165) is 18.4 Å². The molecule has 0 unspecified atom stereocenters. The average molecular weight is 288 g/mol. The van der Waals surface area contributed by atoms with E-state index in [4.69, 9.17) is 4.74 Å². The second-order valence-electron chi connectivity index (χ2n) is 5.52. The molecular weight excluding hydrogens is 260 g/mol. The Kier molecular flexibility index (Phi) is 9.26. The highest BCUT2D eigenvalue weighted by Gasteiger charge is 2.08. The highest BCUT2D eigenvalue weighted by molar-refractivity contribution is 5.88. The van der Waals surface area contributed by atoms with Gasteiger partial charge in [-0.1, -0.05) is 82.4 Å². The highest BCUT2D eigenvalue weighted by atomic mass is 16.5. The van der Waals surface area contributed by atoms with E-state index < -0.39 is 0 Å². The maximum absolute atomic E-state index is 11.8. The first kappa shape index (κ1) is 17.5. The molecule has 0 fully saturated rings. The van der Waals surface area contributed by atoms with Crippen LogP contribution >= 0.6 is 0 Å². The Balaban J connectivity index is 2.06. The Hall–Kier alpha value is -1.57. The van der Waals surface area contributed by atoms with Gasteiger partial charge in [0.2, 0.25) is 0 Å². The second-order valence-corrected chi connectivity index (χ2v) is 5.52. The standard InChI is InChI=1S/C19H28O2/c1-3-4-5-6-7-8-12-15-21-19(20)17(2)16-18-13-10-9-11-14-18/h9-11,13-14H,2-8,12,15-16H2,1H3. The van der Waals surface area contributed by atoms with Crippen molar-refractivity contribution in [3.05, 3.63) is 48.0 Å². The SMILES string of the molecule is C=C(Cc1ccccc1)C(=O)OCCCCCCCCC. The summed E-state index contributed by atoms with van der Waals surface area (Å²) in [6, 6.07) is 9.88. The van der Waals surface area contributed by atoms with Gasteiger partial charge in [0, 0.05) is 12.0 Å². The number of esters is 1. The van der Waals surface area contributed by atoms with Gasteiger partial charge in [-0.15, -0.1) is 0 Å². The summed E-state index contributed by atoms with van der Waals surface area (Å²) >= 11 is 0. The van der Waals surface area contributed by atoms with E-state index in [1.54, 1.807) is 0 Å². The van der Waals surface area contributed by atoms with Gasteiger partial charge in [0.05, 0.1) is 6.61 Å². The van der Waals surface area contributed by atoms with Crippen molar-refractivity contribution in [1.29, 1.82) is 0 Å². The molecule has 21 heavy (non-hydrogen) atoms. The minimum absolute atomic E-state index is 0.259. The number of hydrogen-bond acceptors (Lipinski definition) is 2. The van der Waals surface area contributed by atoms with Crippen molar-refractivity contribution in [3.63, 3.8) is 0 Å². The molecule has 0 saturated carbocycles. The Morgan fingerprint density at radius 2 is 1.62 bits per heavy atom. The lowest BCUT2D eigenvalue weighted by molar-refractivity contribution is -0.139. The maximum atomic E-state index is 11.8. The highest BCUT2D eigenvalue weighted by Crippen LogP contribution is 2.09. The minimum atomic E-state index is -0.259. The molecule has 0 saturated heterocycles. The smallest absolute Gasteiger partial charge is 0.333 e. The molecule has 1 rings (SSSR count). The number of ether oxygens (including phenoxy) is 1. The van der Waals surface area contributed by atoms with Crippen molar-refractivity contribution >= 4 is 5.97 Å². The zero-order chi connectivity index (χ0) is 15.3. The van der Waals surface area contributed by atoms with Gasteiger partial charge in [0.1, 0.15) is 0 Å². The molecule has 0 atom stereocenters. The number of benzene rings is 1. The molecule has 0 heterocycles. The van der Waals surface area contributed by atoms with Crippen LogP contribution in [0.2, 0.25) is 0 Å². The molecule has 0 aliphatic heterocycles. The van der Waals surface area contributed by atoms with Crippen LogP contribution in [0, 0.1) is 0 Å². The van der Waals surface area contributed by atoms with Gasteiger partial charge < -0.3 is 4.74 Å². The first-order valence-electron chi connectivity index (χ1n) is 8.13. The molecule has 0 aromatic heterocycles. The van der Waals surface area contributed by atoms with Crippen LogP contribution in [0.25, 0.3) is 0 Å². The summed E-state index contributed by atoms with van der Waals surface area (Å²) in [5, 5.41) is 0. The number of carbonyl (C=O) groups excluding carboxylic acids is 1. The topological polar surface area (TPSA) is 26.3 Å². The summed E-state index contributed by atoms with van der Waals surface area (Å²) < 4.78 is 5.27. The molecule has 2 nitrogen and oxygen atoms in total. The normalized spacial score (nSPS) is 10.3. The van der Waals surface area contributed by atoms with E-state index in [-0.39, 0.29) is 5.97 Å². The lowest BCUT2D eigenvalue weighted by atomic mass is 10.1. The summed E-state index contributed by atoms with van der Waals surface area (Å²) in [5.41, 5.74) is 1.62. The van der Waals surface area contributed by atoms with Gasteiger partial charge in [-0.05, 0) is 12.0 Å². The van der Waals surface area contributed by atoms with Gasteiger partial charge in [-0.3, -0.25) is 0 Å². The molecule has 0 amide bonds. The van der Waals surface area contributed by atoms with E-state index in [9.17, 15) is 4.79 Å². The molecule has 2 heteroatoms. The predicted octanol–water partition coefficient (Wildman–Crippen LogP) is 5.08. The second kappa shape index (κ2) is 11.1. The summed E-state index contributed by atoms with van der Waals surface area (Å²) in [5.74, 6) is -0.259. The van der Waals surface area contributed by atoms with E-state index in [1.807, 2.05) is 30.3 Å². The zero-order valence-corrected chi connectivity index (χ0v) is 13.3. The first-order chi connectivity index (χ1) is 10.2. The van der Waals surface area contributed by atoms with Crippen LogP contribution in [-0.4, -0.2) is 12.6 Å². The van der Waals surface area contributed by atoms with Crippen molar-refractivity contribution in [3.8, 4) is 0 Å². The lowest BCUT2D eigenvalue weighted by Gasteiger charge is -2.07. The Morgan fingerprint density at radius 1 is 1.00 bits per heavy atom. The number of unbranched alkanes of at least 4 members (excludes halogenated alkanes) is 6. The van der Waals surface area contributed by atoms with Crippen LogP contribution in [-0.2, 0) is 16.0 Å². The van der Waals surface area contributed by atoms with Gasteiger partial charge in [-0.25, -0.2) is 4.79 Å². The van der Waals surface area contributed by atoms with Gasteiger partial charge in [-0.2, -0.15) is 0 Å². The van der Waals surface area contributed by atoms with Crippen molar-refractivity contribution in [2.24, 2.45) is 0 Å². The largest absolute Gasteiger partial charge is 0.462 e. The number of rotatable bonds is 11. The van der Waals surface area contributed by atoms with Crippen LogP contribution in [0.3, 0.4) is 0 Å². The molecule has 0 bridgehead atoms. The summed E-state index contributed by atoms with van der Waals surface area (Å²) in [6.45, 7) is 6.56. The molecule has 1 aromatic rings. The number of carbonyl (C=O) groups is 1. The summed E-state index contributed by atoms with van der Waals surface area (Å²) in [6.07, 6.45) is 9.12. The molecule has 0 radical (unpaired) electrons. The van der Waals surface area contributed by atoms with Crippen LogP contribution in [0.4, 0.5) is 0 Å². The Labute approximate surface area is 129 Å². The fourth-order valence-corrected chi connectivity index (χ4v) is 2.24. The van der Waals surface area contributed by atoms with Crippen molar-refractivity contribution < 1.29 is 9.53 Å². The third-order valence-electron chi connectivity index (χ3n) is 3.53. The maximum Gasteiger partial charge on any atom is 0.333 e. The third-order valence-corrected chi connectivity index (χ3v) is 3.53. The Morgan fingerprint density at radius 3 is 2.29 bits per heavy atom. The van der Waals surface area contributed by atoms with Gasteiger partial charge in [0.25, 0.3) is 0 Å². The monoisotopic (exact) mass is 288 g/mol. The molecule has 0 N–H and O–H groups in total. The average Bonchev–Trinajstić information content (AvgIpc) is 2.50. The Bertz CT molecular complexity index is 409. The zero-order valence-electron chi connectivity index (χ0n) is 13.3. The minimum Gasteiger partial charge on any atom is -0.462 e. The lowest BCUT2D eigenvalue weighted by Crippen LogP contribution is -2.10.